The highest BCUT2D eigenvalue weighted by Gasteiger charge is 2.20. The Morgan fingerprint density at radius 3 is 2.77 bits per heavy atom. The largest absolute Gasteiger partial charge is 0.468 e. The van der Waals surface area contributed by atoms with Gasteiger partial charge in [0.25, 0.3) is 0 Å². The van der Waals surface area contributed by atoms with Gasteiger partial charge in [-0.05, 0) is 18.1 Å². The lowest BCUT2D eigenvalue weighted by Crippen LogP contribution is -2.33. The predicted molar refractivity (Wildman–Crippen MR) is 46.5 cm³/mol. The van der Waals surface area contributed by atoms with Crippen molar-refractivity contribution in [1.29, 1.82) is 0 Å². The molecule has 0 saturated heterocycles. The van der Waals surface area contributed by atoms with Gasteiger partial charge in [0.15, 0.2) is 0 Å². The molecular formula is C9H12FNO2. The van der Waals surface area contributed by atoms with Crippen molar-refractivity contribution in [2.75, 3.05) is 7.11 Å². The summed E-state index contributed by atoms with van der Waals surface area (Å²) >= 11 is 0. The molecule has 0 saturated carbocycles. The summed E-state index contributed by atoms with van der Waals surface area (Å²) in [5.41, 5.74) is 6.27. The Balaban J connectivity index is 2.68. The van der Waals surface area contributed by atoms with Gasteiger partial charge in [-0.1, -0.05) is 6.08 Å². The summed E-state index contributed by atoms with van der Waals surface area (Å²) in [5.74, 6) is -0.664. The molecule has 2 N–H and O–H groups in total. The molecule has 0 amide bonds. The second-order valence-corrected chi connectivity index (χ2v) is 2.86. The summed E-state index contributed by atoms with van der Waals surface area (Å²) in [6.45, 7) is 0. The summed E-state index contributed by atoms with van der Waals surface area (Å²) in [6.07, 6.45) is 3.68. The number of carbonyl (C=O) groups is 1. The van der Waals surface area contributed by atoms with Gasteiger partial charge < -0.3 is 10.5 Å². The number of halogens is 1. The number of rotatable bonds is 2. The van der Waals surface area contributed by atoms with Crippen LogP contribution in [0.1, 0.15) is 12.8 Å². The van der Waals surface area contributed by atoms with E-state index in [1.807, 2.05) is 0 Å². The molecule has 1 rings (SSSR count). The molecule has 0 unspecified atom stereocenters. The summed E-state index contributed by atoms with van der Waals surface area (Å²) in [7, 11) is 1.28. The highest BCUT2D eigenvalue weighted by atomic mass is 19.1. The van der Waals surface area contributed by atoms with Crippen LogP contribution in [0.15, 0.2) is 23.6 Å². The van der Waals surface area contributed by atoms with E-state index in [9.17, 15) is 9.18 Å². The molecule has 4 heteroatoms. The zero-order valence-electron chi connectivity index (χ0n) is 7.42. The molecular weight excluding hydrogens is 173 g/mol. The molecule has 1 aliphatic rings. The molecule has 0 bridgehead atoms. The van der Waals surface area contributed by atoms with Gasteiger partial charge in [0.1, 0.15) is 11.9 Å². The van der Waals surface area contributed by atoms with Crippen LogP contribution in [0.3, 0.4) is 0 Å². The van der Waals surface area contributed by atoms with Crippen LogP contribution in [0, 0.1) is 0 Å². The Hall–Kier alpha value is -1.16. The topological polar surface area (TPSA) is 52.3 Å². The fourth-order valence-corrected chi connectivity index (χ4v) is 1.17. The third-order valence-electron chi connectivity index (χ3n) is 1.99. The van der Waals surface area contributed by atoms with Gasteiger partial charge in [-0.25, -0.2) is 4.39 Å². The van der Waals surface area contributed by atoms with Crippen LogP contribution < -0.4 is 5.73 Å². The highest BCUT2D eigenvalue weighted by Crippen LogP contribution is 2.20. The van der Waals surface area contributed by atoms with E-state index in [1.54, 1.807) is 6.08 Å². The summed E-state index contributed by atoms with van der Waals surface area (Å²) in [5, 5.41) is 0. The van der Waals surface area contributed by atoms with Gasteiger partial charge in [0.2, 0.25) is 0 Å². The van der Waals surface area contributed by atoms with Crippen molar-refractivity contribution in [2.24, 2.45) is 5.73 Å². The summed E-state index contributed by atoms with van der Waals surface area (Å²) in [4.78, 5) is 11.0. The molecule has 0 aromatic heterocycles. The number of ether oxygens (including phenoxy) is 1. The standard InChI is InChI=1S/C9H12FNO2/c1-13-9(12)8(11)6-2-4-7(10)5-3-6/h2,4,8H,3,5,11H2,1H3/t8-/m1/s1. The van der Waals surface area contributed by atoms with Crippen molar-refractivity contribution in [3.8, 4) is 0 Å². The summed E-state index contributed by atoms with van der Waals surface area (Å²) in [6, 6.07) is -0.755. The van der Waals surface area contributed by atoms with E-state index in [-0.39, 0.29) is 5.83 Å². The third-order valence-corrected chi connectivity index (χ3v) is 1.99. The van der Waals surface area contributed by atoms with Crippen LogP contribution in [-0.4, -0.2) is 19.1 Å². The van der Waals surface area contributed by atoms with E-state index in [0.29, 0.717) is 18.4 Å². The van der Waals surface area contributed by atoms with Crippen LogP contribution in [-0.2, 0) is 9.53 Å². The highest BCUT2D eigenvalue weighted by molar-refractivity contribution is 5.79. The molecule has 72 valence electrons. The number of carbonyl (C=O) groups excluding carboxylic acids is 1. The predicted octanol–water partition coefficient (Wildman–Crippen LogP) is 1.06. The van der Waals surface area contributed by atoms with Gasteiger partial charge in [-0.3, -0.25) is 4.79 Å². The average molecular weight is 185 g/mol. The molecule has 0 fully saturated rings. The number of methoxy groups -OCH3 is 1. The Labute approximate surface area is 76.1 Å². The van der Waals surface area contributed by atoms with Crippen molar-refractivity contribution in [1.82, 2.24) is 0 Å². The fourth-order valence-electron chi connectivity index (χ4n) is 1.17. The Morgan fingerprint density at radius 2 is 2.31 bits per heavy atom. The van der Waals surface area contributed by atoms with Crippen LogP contribution >= 0.6 is 0 Å². The number of esters is 1. The van der Waals surface area contributed by atoms with E-state index >= 15 is 0 Å². The third kappa shape index (κ3) is 2.39. The summed E-state index contributed by atoms with van der Waals surface area (Å²) < 4.78 is 17.0. The first-order valence-electron chi connectivity index (χ1n) is 4.03. The van der Waals surface area contributed by atoms with Crippen LogP contribution in [0.25, 0.3) is 0 Å². The van der Waals surface area contributed by atoms with Gasteiger partial charge in [-0.15, -0.1) is 0 Å². The minimum Gasteiger partial charge on any atom is -0.468 e. The Morgan fingerprint density at radius 1 is 1.62 bits per heavy atom. The zero-order valence-corrected chi connectivity index (χ0v) is 7.42. The molecule has 0 spiro atoms. The maximum atomic E-state index is 12.6. The van der Waals surface area contributed by atoms with Crippen LogP contribution in [0.4, 0.5) is 4.39 Å². The monoisotopic (exact) mass is 185 g/mol. The zero-order chi connectivity index (χ0) is 9.84. The second kappa shape index (κ2) is 4.18. The van der Waals surface area contributed by atoms with E-state index in [0.717, 1.165) is 0 Å². The molecule has 0 radical (unpaired) electrons. The second-order valence-electron chi connectivity index (χ2n) is 2.86. The van der Waals surface area contributed by atoms with E-state index in [1.165, 1.54) is 13.2 Å². The number of nitrogens with two attached hydrogens (primary N) is 1. The van der Waals surface area contributed by atoms with Crippen LogP contribution in [0.5, 0.6) is 0 Å². The number of hydrogen-bond acceptors (Lipinski definition) is 3. The molecule has 0 aliphatic heterocycles. The van der Waals surface area contributed by atoms with E-state index in [2.05, 4.69) is 4.74 Å². The van der Waals surface area contributed by atoms with Gasteiger partial charge in [-0.2, -0.15) is 0 Å². The van der Waals surface area contributed by atoms with Crippen molar-refractivity contribution < 1.29 is 13.9 Å². The molecule has 0 heterocycles. The Kier molecular flexibility index (Phi) is 3.19. The van der Waals surface area contributed by atoms with Crippen molar-refractivity contribution in [3.05, 3.63) is 23.6 Å². The maximum absolute atomic E-state index is 12.6. The molecule has 3 nitrogen and oxygen atoms in total. The molecule has 0 aromatic rings. The molecule has 1 aliphatic carbocycles. The first-order valence-corrected chi connectivity index (χ1v) is 4.03. The quantitative estimate of drug-likeness (QED) is 0.654. The van der Waals surface area contributed by atoms with Crippen LogP contribution in [0.2, 0.25) is 0 Å². The van der Waals surface area contributed by atoms with Gasteiger partial charge in [0.05, 0.1) is 7.11 Å². The molecule has 0 aromatic carbocycles. The van der Waals surface area contributed by atoms with Gasteiger partial charge >= 0.3 is 5.97 Å². The van der Waals surface area contributed by atoms with Crippen molar-refractivity contribution >= 4 is 5.97 Å². The Bertz CT molecular complexity index is 271. The first kappa shape index (κ1) is 9.92. The van der Waals surface area contributed by atoms with Crippen molar-refractivity contribution in [2.45, 2.75) is 18.9 Å². The van der Waals surface area contributed by atoms with E-state index in [4.69, 9.17) is 5.73 Å². The smallest absolute Gasteiger partial charge is 0.326 e. The minimum absolute atomic E-state index is 0.180. The minimum atomic E-state index is -0.755. The van der Waals surface area contributed by atoms with Gasteiger partial charge in [0, 0.05) is 6.42 Å². The molecule has 13 heavy (non-hydrogen) atoms. The lowest BCUT2D eigenvalue weighted by molar-refractivity contribution is -0.141. The lowest BCUT2D eigenvalue weighted by atomic mass is 9.98. The normalized spacial score (nSPS) is 18.7. The maximum Gasteiger partial charge on any atom is 0.326 e. The lowest BCUT2D eigenvalue weighted by Gasteiger charge is -2.15. The fraction of sp³-hybridized carbons (Fsp3) is 0.444. The molecule has 1 atom stereocenters. The number of hydrogen-bond donors (Lipinski definition) is 1. The van der Waals surface area contributed by atoms with Crippen molar-refractivity contribution in [3.63, 3.8) is 0 Å². The SMILES string of the molecule is COC(=O)[C@H](N)C1=CC=C(F)CC1. The average Bonchev–Trinajstić information content (AvgIpc) is 2.17. The number of allylic oxidation sites excluding steroid dienone is 3. The first-order chi connectivity index (χ1) is 6.15. The van der Waals surface area contributed by atoms with E-state index < -0.39 is 12.0 Å².